The van der Waals surface area contributed by atoms with Gasteiger partial charge in [-0.05, 0) is 228 Å². The maximum atomic E-state index is 2.56. The Balaban J connectivity index is 0.838. The molecule has 0 radical (unpaired) electrons. The van der Waals surface area contributed by atoms with Gasteiger partial charge in [0.15, 0.2) is 0 Å². The Kier molecular flexibility index (Phi) is 18.0. The van der Waals surface area contributed by atoms with Crippen LogP contribution in [0, 0.1) is 0 Å². The fourth-order valence-corrected chi connectivity index (χ4v) is 13.8. The summed E-state index contributed by atoms with van der Waals surface area (Å²) in [5.41, 5.74) is 29.8. The van der Waals surface area contributed by atoms with Gasteiger partial charge in [-0.25, -0.2) is 0 Å². The molecule has 14 rings (SSSR count). The first-order chi connectivity index (χ1) is 45.5. The summed E-state index contributed by atoms with van der Waals surface area (Å²) in [5, 5.41) is 2.51. The van der Waals surface area contributed by atoms with Crippen LogP contribution in [0.4, 0.5) is 34.1 Å². The van der Waals surface area contributed by atoms with Gasteiger partial charge in [0.25, 0.3) is 0 Å². The average molecular weight is 1190 g/mol. The Labute approximate surface area is 545 Å². The second-order valence-corrected chi connectivity index (χ2v) is 25.1. The van der Waals surface area contributed by atoms with Crippen LogP contribution in [0.3, 0.4) is 0 Å². The van der Waals surface area contributed by atoms with E-state index in [4.69, 9.17) is 0 Å². The normalized spacial score (nSPS) is 11.7. The van der Waals surface area contributed by atoms with Crippen LogP contribution in [0.5, 0.6) is 0 Å². The number of anilines is 6. The first-order valence-corrected chi connectivity index (χ1v) is 33.7. The van der Waals surface area contributed by atoms with Gasteiger partial charge in [-0.3, -0.25) is 0 Å². The van der Waals surface area contributed by atoms with E-state index in [1.807, 2.05) is 0 Å². The molecule has 13 aromatic carbocycles. The third-order valence-corrected chi connectivity index (χ3v) is 19.0. The number of hydrogen-bond acceptors (Lipinski definition) is 2. The minimum absolute atomic E-state index is 1.06. The summed E-state index contributed by atoms with van der Waals surface area (Å²) in [6.07, 6.45) is 14.3. The van der Waals surface area contributed by atoms with Crippen molar-refractivity contribution in [2.45, 2.75) is 90.9 Å². The summed E-state index contributed by atoms with van der Waals surface area (Å²) in [5.74, 6) is 0. The molecular formula is C90H80N2. The second-order valence-electron chi connectivity index (χ2n) is 25.1. The first-order valence-electron chi connectivity index (χ1n) is 33.7. The molecule has 0 aromatic heterocycles. The van der Waals surface area contributed by atoms with Crippen molar-refractivity contribution < 1.29 is 0 Å². The summed E-state index contributed by atoms with van der Waals surface area (Å²) in [4.78, 5) is 4.86. The van der Waals surface area contributed by atoms with Crippen molar-refractivity contribution in [3.8, 4) is 77.9 Å². The van der Waals surface area contributed by atoms with Crippen LogP contribution in [0.2, 0.25) is 0 Å². The molecule has 0 bridgehead atoms. The largest absolute Gasteiger partial charge is 0.310 e. The molecule has 0 saturated heterocycles. The zero-order valence-corrected chi connectivity index (χ0v) is 53.2. The van der Waals surface area contributed by atoms with Gasteiger partial charge < -0.3 is 9.80 Å². The van der Waals surface area contributed by atoms with Gasteiger partial charge in [-0.15, -0.1) is 0 Å². The predicted octanol–water partition coefficient (Wildman–Crippen LogP) is 25.8. The monoisotopic (exact) mass is 1190 g/mol. The van der Waals surface area contributed by atoms with E-state index in [0.717, 1.165) is 54.1 Å². The van der Waals surface area contributed by atoms with Crippen molar-refractivity contribution in [1.82, 2.24) is 0 Å². The fourth-order valence-electron chi connectivity index (χ4n) is 13.8. The summed E-state index contributed by atoms with van der Waals surface area (Å²) in [6.45, 7) is 4.61. The van der Waals surface area contributed by atoms with E-state index >= 15 is 0 Å². The zero-order valence-electron chi connectivity index (χ0n) is 53.2. The lowest BCUT2D eigenvalue weighted by atomic mass is 9.87. The molecule has 2 heteroatoms. The van der Waals surface area contributed by atoms with Gasteiger partial charge in [-0.1, -0.05) is 277 Å². The average Bonchev–Trinajstić information content (AvgIpc) is 0.942. The van der Waals surface area contributed by atoms with Gasteiger partial charge >= 0.3 is 0 Å². The van der Waals surface area contributed by atoms with E-state index in [-0.39, 0.29) is 0 Å². The molecular weight excluding hydrogens is 1110 g/mol. The van der Waals surface area contributed by atoms with Crippen molar-refractivity contribution >= 4 is 44.9 Å². The molecule has 13 aromatic rings. The minimum atomic E-state index is 1.06. The standard InChI is InChI=1S/C90H80N2/c1-3-5-7-12-30-79-63-89(80(31-13-8-6-4-2)62-88(79)72-25-16-10-17-26-72)75-47-55-84(56-48-75)92(86-58-59-87(90(64-86)73-27-18-11-19-28-73)74-36-32-70(33-37-74)77-38-34-66-24-20-21-29-76(66)60-77)83-53-44-69(45-54-83)68-42-51-82(52-43-68)91(85-57-46-71-35-39-78(71)61-85)81-49-40-67(41-50-81)65-22-14-9-15-23-65/h9-11,14-29,32-34,36-38,40-64H,3-8,12-13,30-31,35,39H2,1-2H3. The first kappa shape index (κ1) is 59.3. The molecule has 0 unspecified atom stereocenters. The summed E-state index contributed by atoms with van der Waals surface area (Å²) in [6, 6.07) is 113. The van der Waals surface area contributed by atoms with Crippen LogP contribution >= 0.6 is 0 Å². The number of unbranched alkanes of at least 4 members (excludes halogenated alkanes) is 6. The van der Waals surface area contributed by atoms with Crippen LogP contribution in [-0.4, -0.2) is 0 Å². The molecule has 0 aliphatic heterocycles. The zero-order chi connectivity index (χ0) is 62.0. The summed E-state index contributed by atoms with van der Waals surface area (Å²) >= 11 is 0. The van der Waals surface area contributed by atoms with E-state index in [2.05, 4.69) is 327 Å². The number of aryl methyl sites for hydroxylation is 4. The van der Waals surface area contributed by atoms with Crippen molar-refractivity contribution in [2.24, 2.45) is 0 Å². The molecule has 92 heavy (non-hydrogen) atoms. The number of nitrogens with zero attached hydrogens (tertiary/aromatic N) is 2. The van der Waals surface area contributed by atoms with Crippen molar-refractivity contribution in [3.63, 3.8) is 0 Å². The summed E-state index contributed by atoms with van der Waals surface area (Å²) < 4.78 is 0. The van der Waals surface area contributed by atoms with E-state index in [1.54, 1.807) is 0 Å². The highest BCUT2D eigenvalue weighted by Gasteiger charge is 2.22. The quantitative estimate of drug-likeness (QED) is 0.0589. The van der Waals surface area contributed by atoms with Crippen molar-refractivity contribution in [2.75, 3.05) is 9.80 Å². The van der Waals surface area contributed by atoms with E-state index in [1.165, 1.54) is 168 Å². The molecule has 0 saturated carbocycles. The van der Waals surface area contributed by atoms with Gasteiger partial charge in [0.1, 0.15) is 0 Å². The number of fused-ring (bicyclic) bond motifs is 2. The third kappa shape index (κ3) is 13.0. The molecule has 0 atom stereocenters. The number of rotatable bonds is 23. The fraction of sp³-hybridized carbons (Fsp3) is 0.156. The van der Waals surface area contributed by atoms with Crippen LogP contribution in [0.1, 0.15) is 87.5 Å². The van der Waals surface area contributed by atoms with Crippen LogP contribution in [-0.2, 0) is 25.7 Å². The summed E-state index contributed by atoms with van der Waals surface area (Å²) in [7, 11) is 0. The Bertz CT molecular complexity index is 4590. The van der Waals surface area contributed by atoms with Crippen molar-refractivity contribution in [1.29, 1.82) is 0 Å². The van der Waals surface area contributed by atoms with Crippen LogP contribution in [0.25, 0.3) is 88.7 Å². The molecule has 0 amide bonds. The Hall–Kier alpha value is -10.3. The minimum Gasteiger partial charge on any atom is -0.310 e. The van der Waals surface area contributed by atoms with Gasteiger partial charge in [-0.2, -0.15) is 0 Å². The maximum Gasteiger partial charge on any atom is 0.0468 e. The highest BCUT2D eigenvalue weighted by atomic mass is 15.1. The smallest absolute Gasteiger partial charge is 0.0468 e. The highest BCUT2D eigenvalue weighted by Crippen LogP contribution is 2.45. The maximum absolute atomic E-state index is 2.56. The van der Waals surface area contributed by atoms with E-state index in [0.29, 0.717) is 0 Å². The molecule has 1 aliphatic rings. The Morgan fingerprint density at radius 2 is 0.587 bits per heavy atom. The van der Waals surface area contributed by atoms with Crippen LogP contribution < -0.4 is 9.80 Å². The topological polar surface area (TPSA) is 6.48 Å². The van der Waals surface area contributed by atoms with Gasteiger partial charge in [0.2, 0.25) is 0 Å². The number of hydrogen-bond donors (Lipinski definition) is 0. The molecule has 0 heterocycles. The third-order valence-electron chi connectivity index (χ3n) is 19.0. The lowest BCUT2D eigenvalue weighted by Crippen LogP contribution is -2.13. The van der Waals surface area contributed by atoms with Crippen molar-refractivity contribution in [3.05, 3.63) is 326 Å². The lowest BCUT2D eigenvalue weighted by Gasteiger charge is -2.29. The molecule has 0 fully saturated rings. The Morgan fingerprint density at radius 3 is 1.08 bits per heavy atom. The molecule has 2 nitrogen and oxygen atoms in total. The molecule has 1 aliphatic carbocycles. The molecule has 0 spiro atoms. The van der Waals surface area contributed by atoms with E-state index in [9.17, 15) is 0 Å². The predicted molar refractivity (Wildman–Crippen MR) is 394 cm³/mol. The molecule has 0 N–H and O–H groups in total. The Morgan fingerprint density at radius 1 is 0.228 bits per heavy atom. The van der Waals surface area contributed by atoms with Gasteiger partial charge in [0, 0.05) is 34.1 Å². The van der Waals surface area contributed by atoms with E-state index < -0.39 is 0 Å². The second kappa shape index (κ2) is 27.9. The van der Waals surface area contributed by atoms with Gasteiger partial charge in [0.05, 0.1) is 0 Å². The highest BCUT2D eigenvalue weighted by molar-refractivity contribution is 5.92. The number of benzene rings is 13. The molecule has 450 valence electrons. The SMILES string of the molecule is CCCCCCc1cc(-c2ccc(N(c3ccc(-c4ccc(N(c5ccc(-c6ccccc6)cc5)c5ccc6c(c5)CC6)cc4)cc3)c3ccc(-c4ccc(-c5ccc6ccccc6c5)cc4)c(-c4ccccc4)c3)cc2)c(CCCCCC)cc1-c1ccccc1. The van der Waals surface area contributed by atoms with Crippen LogP contribution in [0.15, 0.2) is 303 Å². The lowest BCUT2D eigenvalue weighted by molar-refractivity contribution is 0.664.